The van der Waals surface area contributed by atoms with Gasteiger partial charge in [0, 0.05) is 11.4 Å². The standard InChI is InChI=1S/C31H47NO5/c1-17(2)15-36-28(34)24-19(5)32-20(6)25(29(35)37-16-18(3)4)26(24)21-13-22(30(7,8)9)27(33)23(14-21)31(10,11)12/h13-14,17-18,26,32-33H,15-16H2,1-12H3. The molecule has 2 N–H and O–H groups in total. The summed E-state index contributed by atoms with van der Waals surface area (Å²) >= 11 is 0. The molecule has 0 atom stereocenters. The molecule has 1 aliphatic heterocycles. The normalized spacial score (nSPS) is 15.4. The SMILES string of the molecule is CC1=C(C(=O)OCC(C)C)C(c2cc(C(C)(C)C)c(O)c(C(C)(C)C)c2)C(C(=O)OCC(C)C)=C(C)N1. The molecule has 2 rings (SSSR count). The van der Waals surface area contributed by atoms with Gasteiger partial charge in [0.25, 0.3) is 0 Å². The third kappa shape index (κ3) is 7.18. The second-order valence-electron chi connectivity index (χ2n) is 13.1. The zero-order valence-corrected chi connectivity index (χ0v) is 24.9. The highest BCUT2D eigenvalue weighted by molar-refractivity contribution is 6.00. The second kappa shape index (κ2) is 11.3. The summed E-state index contributed by atoms with van der Waals surface area (Å²) in [6.45, 7) is 24.4. The van der Waals surface area contributed by atoms with Crippen molar-refractivity contribution in [2.75, 3.05) is 13.2 Å². The van der Waals surface area contributed by atoms with E-state index < -0.39 is 17.9 Å². The van der Waals surface area contributed by atoms with Gasteiger partial charge in [-0.05, 0) is 53.2 Å². The summed E-state index contributed by atoms with van der Waals surface area (Å²) in [6, 6.07) is 3.85. The fourth-order valence-electron chi connectivity index (χ4n) is 4.48. The fourth-order valence-corrected chi connectivity index (χ4v) is 4.48. The summed E-state index contributed by atoms with van der Waals surface area (Å²) in [5.41, 5.74) is 3.56. The van der Waals surface area contributed by atoms with Crippen LogP contribution in [0.5, 0.6) is 5.75 Å². The summed E-state index contributed by atoms with van der Waals surface area (Å²) in [5, 5.41) is 14.5. The average molecular weight is 514 g/mol. The van der Waals surface area contributed by atoms with E-state index >= 15 is 0 Å². The lowest BCUT2D eigenvalue weighted by Gasteiger charge is -2.34. The molecule has 6 heteroatoms. The predicted octanol–water partition coefficient (Wildman–Crippen LogP) is 6.62. The first-order valence-electron chi connectivity index (χ1n) is 13.3. The van der Waals surface area contributed by atoms with Gasteiger partial charge in [-0.15, -0.1) is 0 Å². The fraction of sp³-hybridized carbons (Fsp3) is 0.613. The van der Waals surface area contributed by atoms with Gasteiger partial charge in [-0.3, -0.25) is 0 Å². The molecule has 1 aromatic rings. The largest absolute Gasteiger partial charge is 0.507 e. The molecular weight excluding hydrogens is 466 g/mol. The molecule has 206 valence electrons. The Kier molecular flexibility index (Phi) is 9.32. The molecule has 0 aromatic heterocycles. The van der Waals surface area contributed by atoms with Crippen molar-refractivity contribution in [3.8, 4) is 5.75 Å². The number of carbonyl (C=O) groups excluding carboxylic acids is 2. The van der Waals surface area contributed by atoms with Crippen molar-refractivity contribution in [3.63, 3.8) is 0 Å². The van der Waals surface area contributed by atoms with Gasteiger partial charge in [-0.2, -0.15) is 0 Å². The zero-order valence-electron chi connectivity index (χ0n) is 24.9. The highest BCUT2D eigenvalue weighted by Gasteiger charge is 2.40. The van der Waals surface area contributed by atoms with Crippen LogP contribution < -0.4 is 5.32 Å². The number of hydrogen-bond acceptors (Lipinski definition) is 6. The van der Waals surface area contributed by atoms with Gasteiger partial charge in [-0.25, -0.2) is 9.59 Å². The van der Waals surface area contributed by atoms with Gasteiger partial charge in [-0.1, -0.05) is 81.4 Å². The van der Waals surface area contributed by atoms with Gasteiger partial charge in [0.2, 0.25) is 0 Å². The number of esters is 2. The Morgan fingerprint density at radius 2 is 1.16 bits per heavy atom. The van der Waals surface area contributed by atoms with Crippen molar-refractivity contribution in [1.29, 1.82) is 0 Å². The number of benzene rings is 1. The number of rotatable bonds is 7. The van der Waals surface area contributed by atoms with E-state index in [1.54, 1.807) is 0 Å². The Morgan fingerprint density at radius 1 is 0.811 bits per heavy atom. The number of carbonyl (C=O) groups is 2. The number of phenols is 1. The number of phenolic OH excluding ortho intramolecular Hbond substituents is 1. The maximum Gasteiger partial charge on any atom is 0.336 e. The van der Waals surface area contributed by atoms with E-state index in [1.165, 1.54) is 0 Å². The molecule has 0 saturated heterocycles. The van der Waals surface area contributed by atoms with Gasteiger partial charge in [0.05, 0.1) is 30.3 Å². The molecule has 37 heavy (non-hydrogen) atoms. The molecule has 0 spiro atoms. The van der Waals surface area contributed by atoms with Crippen molar-refractivity contribution < 1.29 is 24.2 Å². The molecule has 1 heterocycles. The van der Waals surface area contributed by atoms with E-state index in [4.69, 9.17) is 9.47 Å². The van der Waals surface area contributed by atoms with Gasteiger partial charge in [0.1, 0.15) is 5.75 Å². The Labute approximate surface area is 223 Å². The molecule has 0 radical (unpaired) electrons. The highest BCUT2D eigenvalue weighted by atomic mass is 16.5. The Hall–Kier alpha value is -2.76. The Morgan fingerprint density at radius 3 is 1.46 bits per heavy atom. The second-order valence-corrected chi connectivity index (χ2v) is 13.1. The van der Waals surface area contributed by atoms with Crippen molar-refractivity contribution in [1.82, 2.24) is 5.32 Å². The number of nitrogens with one attached hydrogen (secondary N) is 1. The molecule has 0 amide bonds. The molecule has 0 fully saturated rings. The molecule has 0 bridgehead atoms. The maximum absolute atomic E-state index is 13.5. The summed E-state index contributed by atoms with van der Waals surface area (Å²) in [6.07, 6.45) is 0. The monoisotopic (exact) mass is 513 g/mol. The average Bonchev–Trinajstić information content (AvgIpc) is 2.73. The smallest absolute Gasteiger partial charge is 0.336 e. The summed E-state index contributed by atoms with van der Waals surface area (Å²) < 4.78 is 11.4. The van der Waals surface area contributed by atoms with Crippen molar-refractivity contribution in [3.05, 3.63) is 51.4 Å². The van der Waals surface area contributed by atoms with Crippen molar-refractivity contribution in [2.24, 2.45) is 11.8 Å². The minimum absolute atomic E-state index is 0.168. The Balaban J connectivity index is 2.87. The molecule has 0 aliphatic carbocycles. The maximum atomic E-state index is 13.5. The number of allylic oxidation sites excluding steroid dienone is 2. The lowest BCUT2D eigenvalue weighted by Crippen LogP contribution is -2.33. The molecular formula is C31H47NO5. The molecule has 1 aromatic carbocycles. The van der Waals surface area contributed by atoms with Crippen molar-refractivity contribution >= 4 is 11.9 Å². The third-order valence-corrected chi connectivity index (χ3v) is 6.38. The van der Waals surface area contributed by atoms with Crippen LogP contribution in [0.4, 0.5) is 0 Å². The summed E-state index contributed by atoms with van der Waals surface area (Å²) in [4.78, 5) is 27.0. The van der Waals surface area contributed by atoms with Crippen LogP contribution in [0.3, 0.4) is 0 Å². The number of hydrogen-bond donors (Lipinski definition) is 2. The van der Waals surface area contributed by atoms with E-state index in [0.717, 1.165) is 16.7 Å². The van der Waals surface area contributed by atoms with Gasteiger partial charge in [0.15, 0.2) is 0 Å². The van der Waals surface area contributed by atoms with E-state index in [2.05, 4.69) is 5.32 Å². The van der Waals surface area contributed by atoms with Crippen LogP contribution in [0.2, 0.25) is 0 Å². The number of dihydropyridines is 1. The van der Waals surface area contributed by atoms with Gasteiger partial charge >= 0.3 is 11.9 Å². The van der Waals surface area contributed by atoms with E-state index in [0.29, 0.717) is 22.5 Å². The highest BCUT2D eigenvalue weighted by Crippen LogP contribution is 2.46. The van der Waals surface area contributed by atoms with Crippen LogP contribution in [0.1, 0.15) is 106 Å². The quantitative estimate of drug-likeness (QED) is 0.399. The van der Waals surface area contributed by atoms with Crippen LogP contribution in [-0.2, 0) is 29.9 Å². The summed E-state index contributed by atoms with van der Waals surface area (Å²) in [5.74, 6) is -1.06. The van der Waals surface area contributed by atoms with Crippen LogP contribution in [0, 0.1) is 11.8 Å². The van der Waals surface area contributed by atoms with E-state index in [9.17, 15) is 14.7 Å². The first-order valence-corrected chi connectivity index (χ1v) is 13.3. The minimum atomic E-state index is -0.705. The van der Waals surface area contributed by atoms with E-state index in [1.807, 2.05) is 95.2 Å². The van der Waals surface area contributed by atoms with Crippen molar-refractivity contribution in [2.45, 2.75) is 99.8 Å². The van der Waals surface area contributed by atoms with Crippen LogP contribution in [0.25, 0.3) is 0 Å². The zero-order chi connectivity index (χ0) is 28.5. The third-order valence-electron chi connectivity index (χ3n) is 6.38. The first-order chi connectivity index (χ1) is 16.9. The van der Waals surface area contributed by atoms with Gasteiger partial charge < -0.3 is 19.9 Å². The minimum Gasteiger partial charge on any atom is -0.507 e. The van der Waals surface area contributed by atoms with Crippen LogP contribution in [-0.4, -0.2) is 30.3 Å². The molecule has 6 nitrogen and oxygen atoms in total. The lowest BCUT2D eigenvalue weighted by atomic mass is 9.73. The predicted molar refractivity (Wildman–Crippen MR) is 148 cm³/mol. The molecule has 0 unspecified atom stereocenters. The first kappa shape index (κ1) is 30.5. The summed E-state index contributed by atoms with van der Waals surface area (Å²) in [7, 11) is 0. The number of ether oxygens (including phenoxy) is 2. The van der Waals surface area contributed by atoms with Crippen LogP contribution in [0.15, 0.2) is 34.7 Å². The topological polar surface area (TPSA) is 84.9 Å². The number of aromatic hydroxyl groups is 1. The lowest BCUT2D eigenvalue weighted by molar-refractivity contribution is -0.141. The molecule has 1 aliphatic rings. The van der Waals surface area contributed by atoms with E-state index in [-0.39, 0.29) is 41.6 Å². The molecule has 0 saturated carbocycles. The van der Waals surface area contributed by atoms with Crippen LogP contribution >= 0.6 is 0 Å². The Bertz CT molecular complexity index is 1010.